The van der Waals surface area contributed by atoms with E-state index >= 15 is 0 Å². The maximum atomic E-state index is 14.0. The van der Waals surface area contributed by atoms with Crippen LogP contribution in [0.4, 0.5) is 8.78 Å². The maximum absolute atomic E-state index is 14.0. The number of aromatic amines is 1. The van der Waals surface area contributed by atoms with Crippen LogP contribution in [0, 0.1) is 18.6 Å². The number of pyridine rings is 1. The number of aromatic nitrogens is 3. The number of hydrogen-bond donors (Lipinski definition) is 1. The summed E-state index contributed by atoms with van der Waals surface area (Å²) in [6, 6.07) is 14.5. The number of Topliss-reactive ketones (excluding diaryl/α,β-unsaturated/α-hetero) is 1. The lowest BCUT2D eigenvalue weighted by atomic mass is 9.87. The molecule has 1 N–H and O–H groups in total. The number of hydrogen-bond acceptors (Lipinski definition) is 4. The molecule has 7 heteroatoms. The van der Waals surface area contributed by atoms with E-state index in [2.05, 4.69) is 15.0 Å². The molecule has 0 saturated heterocycles. The second-order valence-corrected chi connectivity index (χ2v) is 9.41. The predicted molar refractivity (Wildman–Crippen MR) is 138 cm³/mol. The molecule has 0 spiro atoms. The van der Waals surface area contributed by atoms with Crippen LogP contribution in [0.5, 0.6) is 0 Å². The molecular formula is C30H25F2N3O2. The van der Waals surface area contributed by atoms with Gasteiger partial charge in [0.1, 0.15) is 17.4 Å². The van der Waals surface area contributed by atoms with Gasteiger partial charge in [0, 0.05) is 54.5 Å². The van der Waals surface area contributed by atoms with Gasteiger partial charge in [-0.25, -0.2) is 8.78 Å². The Bertz CT molecular complexity index is 1540. The Morgan fingerprint density at radius 1 is 1.00 bits per heavy atom. The van der Waals surface area contributed by atoms with Crippen LogP contribution in [0.1, 0.15) is 46.8 Å². The van der Waals surface area contributed by atoms with Crippen molar-refractivity contribution >= 4 is 11.4 Å². The van der Waals surface area contributed by atoms with Gasteiger partial charge >= 0.3 is 0 Å². The summed E-state index contributed by atoms with van der Waals surface area (Å²) in [6.45, 7) is 1.99. The third-order valence-electron chi connectivity index (χ3n) is 6.60. The molecule has 1 aliphatic rings. The number of fused-ring (bicyclic) bond motifs is 1. The Labute approximate surface area is 213 Å². The third kappa shape index (κ3) is 5.61. The lowest BCUT2D eigenvalue weighted by Crippen LogP contribution is -2.14. The summed E-state index contributed by atoms with van der Waals surface area (Å²) in [5.74, 6) is -1.87. The molecule has 4 aromatic rings. The van der Waals surface area contributed by atoms with Gasteiger partial charge in [-0.05, 0) is 48.6 Å². The highest BCUT2D eigenvalue weighted by molar-refractivity contribution is 5.91. The summed E-state index contributed by atoms with van der Waals surface area (Å²) in [5.41, 5.74) is 5.85. The first-order valence-corrected chi connectivity index (χ1v) is 12.1. The first-order chi connectivity index (χ1) is 17.9. The number of ketones is 1. The van der Waals surface area contributed by atoms with Crippen molar-refractivity contribution in [3.05, 3.63) is 123 Å². The summed E-state index contributed by atoms with van der Waals surface area (Å²) in [7, 11) is 0. The van der Waals surface area contributed by atoms with E-state index in [-0.39, 0.29) is 30.6 Å². The third-order valence-corrected chi connectivity index (χ3v) is 6.60. The maximum Gasteiger partial charge on any atom is 0.248 e. The Morgan fingerprint density at radius 3 is 2.49 bits per heavy atom. The first-order valence-electron chi connectivity index (χ1n) is 12.1. The molecule has 186 valence electrons. The summed E-state index contributed by atoms with van der Waals surface area (Å²) >= 11 is 0. The Balaban J connectivity index is 1.47. The van der Waals surface area contributed by atoms with Gasteiger partial charge in [0.2, 0.25) is 5.56 Å². The lowest BCUT2D eigenvalue weighted by Gasteiger charge is -2.19. The van der Waals surface area contributed by atoms with Crippen LogP contribution in [0.15, 0.2) is 77.9 Å². The van der Waals surface area contributed by atoms with Crippen molar-refractivity contribution in [1.82, 2.24) is 15.0 Å². The van der Waals surface area contributed by atoms with Gasteiger partial charge in [-0.15, -0.1) is 0 Å². The van der Waals surface area contributed by atoms with E-state index in [4.69, 9.17) is 0 Å². The minimum atomic E-state index is -0.672. The second-order valence-electron chi connectivity index (χ2n) is 9.41. The van der Waals surface area contributed by atoms with E-state index in [1.54, 1.807) is 18.5 Å². The number of allylic oxidation sites excluding steroid dienone is 2. The Hall–Kier alpha value is -4.26. The topological polar surface area (TPSA) is 75.7 Å². The van der Waals surface area contributed by atoms with Crippen LogP contribution in [-0.4, -0.2) is 20.7 Å². The molecule has 0 bridgehead atoms. The fraction of sp³-hybridized carbons (Fsp3) is 0.200. The van der Waals surface area contributed by atoms with Crippen molar-refractivity contribution in [3.8, 4) is 11.3 Å². The van der Waals surface area contributed by atoms with Crippen LogP contribution < -0.4 is 5.56 Å². The number of benzene rings is 2. The smallest absolute Gasteiger partial charge is 0.248 e. The number of aryl methyl sites for hydroxylation is 1. The zero-order valence-electron chi connectivity index (χ0n) is 20.3. The zero-order chi connectivity index (χ0) is 25.9. The van der Waals surface area contributed by atoms with E-state index in [1.165, 1.54) is 18.2 Å². The van der Waals surface area contributed by atoms with Crippen molar-refractivity contribution in [2.24, 2.45) is 0 Å². The van der Waals surface area contributed by atoms with Gasteiger partial charge in [-0.2, -0.15) is 0 Å². The SMILES string of the molecule is Cc1ccc(-c2nccnc2C(CC(=O)CC2=CCc3ccc(=O)[nH]c32)Cc2cc(F)cc(F)c2)cc1. The Kier molecular flexibility index (Phi) is 6.86. The molecule has 1 atom stereocenters. The van der Waals surface area contributed by atoms with Crippen molar-refractivity contribution in [2.45, 2.75) is 38.5 Å². The molecule has 2 aromatic heterocycles. The van der Waals surface area contributed by atoms with E-state index in [1.807, 2.05) is 37.3 Å². The van der Waals surface area contributed by atoms with Crippen LogP contribution in [0.2, 0.25) is 0 Å². The number of rotatable bonds is 8. The van der Waals surface area contributed by atoms with Crippen molar-refractivity contribution in [2.75, 3.05) is 0 Å². The fourth-order valence-corrected chi connectivity index (χ4v) is 4.88. The molecule has 1 aliphatic carbocycles. The molecule has 0 aliphatic heterocycles. The van der Waals surface area contributed by atoms with Crippen LogP contribution in [-0.2, 0) is 17.6 Å². The highest BCUT2D eigenvalue weighted by Gasteiger charge is 2.25. The molecule has 0 saturated carbocycles. The minimum Gasteiger partial charge on any atom is -0.322 e. The van der Waals surface area contributed by atoms with Gasteiger partial charge in [0.15, 0.2) is 0 Å². The number of halogens is 2. The molecule has 37 heavy (non-hydrogen) atoms. The van der Waals surface area contributed by atoms with Crippen LogP contribution >= 0.6 is 0 Å². The minimum absolute atomic E-state index is 0.0637. The average molecular weight is 498 g/mol. The standard InChI is InChI=1S/C30H25F2N3O2/c1-18-2-4-21(5-3-18)29-30(34-11-10-33-29)23(12-19-13-24(31)17-25(32)14-19)16-26(36)15-22-7-6-20-8-9-27(37)35-28(20)22/h2-5,7-11,13-14,17,23H,6,12,15-16H2,1H3,(H,35,37). The van der Waals surface area contributed by atoms with Gasteiger partial charge in [-0.1, -0.05) is 42.0 Å². The monoisotopic (exact) mass is 497 g/mol. The van der Waals surface area contributed by atoms with Gasteiger partial charge in [0.25, 0.3) is 0 Å². The number of H-pyrrole nitrogens is 1. The molecule has 2 aromatic carbocycles. The fourth-order valence-electron chi connectivity index (χ4n) is 4.88. The number of nitrogens with one attached hydrogen (secondary N) is 1. The van der Waals surface area contributed by atoms with Crippen molar-refractivity contribution in [1.29, 1.82) is 0 Å². The van der Waals surface area contributed by atoms with Gasteiger partial charge in [-0.3, -0.25) is 19.6 Å². The van der Waals surface area contributed by atoms with E-state index in [9.17, 15) is 18.4 Å². The molecule has 0 radical (unpaired) electrons. The summed E-state index contributed by atoms with van der Waals surface area (Å²) in [5, 5.41) is 0. The van der Waals surface area contributed by atoms with Gasteiger partial charge in [0.05, 0.1) is 11.4 Å². The highest BCUT2D eigenvalue weighted by atomic mass is 19.1. The number of carbonyl (C=O) groups excluding carboxylic acids is 1. The van der Waals surface area contributed by atoms with Crippen molar-refractivity contribution in [3.63, 3.8) is 0 Å². The number of nitrogens with zero attached hydrogens (tertiary/aromatic N) is 2. The molecule has 5 rings (SSSR count). The summed E-state index contributed by atoms with van der Waals surface area (Å²) < 4.78 is 28.0. The molecule has 2 heterocycles. The highest BCUT2D eigenvalue weighted by Crippen LogP contribution is 2.33. The molecule has 5 nitrogen and oxygen atoms in total. The lowest BCUT2D eigenvalue weighted by molar-refractivity contribution is -0.118. The normalized spacial score (nSPS) is 13.2. The predicted octanol–water partition coefficient (Wildman–Crippen LogP) is 5.73. The van der Waals surface area contributed by atoms with E-state index in [0.29, 0.717) is 29.1 Å². The van der Waals surface area contributed by atoms with Crippen LogP contribution in [0.3, 0.4) is 0 Å². The quantitative estimate of drug-likeness (QED) is 0.337. The largest absolute Gasteiger partial charge is 0.322 e. The first kappa shape index (κ1) is 24.4. The number of carbonyl (C=O) groups is 1. The average Bonchev–Trinajstić information content (AvgIpc) is 3.25. The summed E-state index contributed by atoms with van der Waals surface area (Å²) in [6.07, 6.45) is 6.22. The molecule has 0 amide bonds. The molecular weight excluding hydrogens is 472 g/mol. The Morgan fingerprint density at radius 2 is 1.73 bits per heavy atom. The summed E-state index contributed by atoms with van der Waals surface area (Å²) in [4.78, 5) is 37.2. The van der Waals surface area contributed by atoms with E-state index in [0.717, 1.165) is 28.3 Å². The molecule has 0 fully saturated rings. The zero-order valence-corrected chi connectivity index (χ0v) is 20.3. The molecule has 1 unspecified atom stereocenters. The second kappa shape index (κ2) is 10.4. The van der Waals surface area contributed by atoms with E-state index < -0.39 is 17.6 Å². The van der Waals surface area contributed by atoms with Crippen molar-refractivity contribution < 1.29 is 13.6 Å². The van der Waals surface area contributed by atoms with Crippen LogP contribution in [0.25, 0.3) is 16.8 Å². The van der Waals surface area contributed by atoms with Gasteiger partial charge < -0.3 is 4.98 Å².